The molecule has 0 bridgehead atoms. The van der Waals surface area contributed by atoms with Crippen molar-refractivity contribution in [2.24, 2.45) is 17.3 Å². The van der Waals surface area contributed by atoms with E-state index in [1.165, 1.54) is 7.11 Å². The first-order valence-electron chi connectivity index (χ1n) is 11.4. The summed E-state index contributed by atoms with van der Waals surface area (Å²) in [6, 6.07) is 0. The Hall–Kier alpha value is -2.32. The van der Waals surface area contributed by atoms with Crippen molar-refractivity contribution in [2.75, 3.05) is 7.11 Å². The number of cyclic esters (lactones) is 1. The molecule has 0 spiro atoms. The summed E-state index contributed by atoms with van der Waals surface area (Å²) in [7, 11) is 1.51. The van der Waals surface area contributed by atoms with Crippen LogP contribution in [0.5, 0.6) is 11.5 Å². The second kappa shape index (κ2) is 7.60. The van der Waals surface area contributed by atoms with Gasteiger partial charge in [-0.05, 0) is 51.5 Å². The Morgan fingerprint density at radius 1 is 1.27 bits per heavy atom. The number of aliphatic hydroxyl groups is 2. The number of carbonyl (C=O) groups excluding carboxylic acids is 1. The summed E-state index contributed by atoms with van der Waals surface area (Å²) < 4.78 is 17.6. The molecule has 1 aromatic rings. The van der Waals surface area contributed by atoms with Gasteiger partial charge in [-0.1, -0.05) is 6.92 Å². The highest BCUT2D eigenvalue weighted by atomic mass is 16.5. The first-order valence-corrected chi connectivity index (χ1v) is 11.4. The number of aliphatic carboxylic acids is 1. The van der Waals surface area contributed by atoms with Gasteiger partial charge in [0.05, 0.1) is 18.8 Å². The molecule has 8 nitrogen and oxygen atoms in total. The molecule has 1 aliphatic carbocycles. The van der Waals surface area contributed by atoms with Gasteiger partial charge in [0.25, 0.3) is 0 Å². The van der Waals surface area contributed by atoms with Crippen LogP contribution in [0, 0.1) is 24.2 Å². The van der Waals surface area contributed by atoms with Crippen molar-refractivity contribution in [1.29, 1.82) is 0 Å². The first kappa shape index (κ1) is 23.8. The highest BCUT2D eigenvalue weighted by molar-refractivity contribution is 5.98. The molecule has 0 saturated heterocycles. The van der Waals surface area contributed by atoms with Crippen molar-refractivity contribution < 1.29 is 39.1 Å². The molecule has 0 radical (unpaired) electrons. The van der Waals surface area contributed by atoms with Crippen LogP contribution in [0.15, 0.2) is 0 Å². The number of carbonyl (C=O) groups is 2. The smallest absolute Gasteiger partial charge is 0.342 e. The maximum Gasteiger partial charge on any atom is 0.342 e. The van der Waals surface area contributed by atoms with Crippen LogP contribution in [0.4, 0.5) is 0 Å². The van der Waals surface area contributed by atoms with Crippen molar-refractivity contribution in [3.8, 4) is 11.5 Å². The van der Waals surface area contributed by atoms with E-state index >= 15 is 0 Å². The van der Waals surface area contributed by atoms with E-state index in [-0.39, 0.29) is 25.4 Å². The average molecular weight is 463 g/mol. The van der Waals surface area contributed by atoms with E-state index in [0.717, 1.165) is 16.7 Å². The Balaban J connectivity index is 1.91. The van der Waals surface area contributed by atoms with Gasteiger partial charge in [0.15, 0.2) is 0 Å². The quantitative estimate of drug-likeness (QED) is 0.571. The highest BCUT2D eigenvalue weighted by Crippen LogP contribution is 2.61. The molecule has 3 aliphatic rings. The normalized spacial score (nSPS) is 32.8. The summed E-state index contributed by atoms with van der Waals surface area (Å²) in [5, 5.41) is 31.8. The summed E-state index contributed by atoms with van der Waals surface area (Å²) in [5.41, 5.74) is -0.0651. The predicted octanol–water partition coefficient (Wildman–Crippen LogP) is 3.01. The lowest BCUT2D eigenvalue weighted by molar-refractivity contribution is -0.213. The van der Waals surface area contributed by atoms with E-state index < -0.39 is 40.6 Å². The summed E-state index contributed by atoms with van der Waals surface area (Å²) in [6.07, 6.45) is 0.0469. The number of carboxylic acid groups (broad SMARTS) is 1. The van der Waals surface area contributed by atoms with Gasteiger partial charge >= 0.3 is 11.9 Å². The molecule has 0 aromatic heterocycles. The van der Waals surface area contributed by atoms with Crippen LogP contribution in [-0.2, 0) is 22.6 Å². The van der Waals surface area contributed by atoms with E-state index in [2.05, 4.69) is 0 Å². The maximum atomic E-state index is 12.5. The van der Waals surface area contributed by atoms with E-state index in [0.29, 0.717) is 29.9 Å². The molecule has 3 N–H and O–H groups in total. The van der Waals surface area contributed by atoms with Crippen molar-refractivity contribution in [1.82, 2.24) is 0 Å². The van der Waals surface area contributed by atoms with Crippen LogP contribution >= 0.6 is 0 Å². The van der Waals surface area contributed by atoms with Crippen LogP contribution in [0.3, 0.4) is 0 Å². The summed E-state index contributed by atoms with van der Waals surface area (Å²) in [5.74, 6) is -1.10. The van der Waals surface area contributed by atoms with E-state index in [1.807, 2.05) is 20.8 Å². The van der Waals surface area contributed by atoms with Gasteiger partial charge in [-0.2, -0.15) is 0 Å². The third-order valence-electron chi connectivity index (χ3n) is 8.25. The number of carboxylic acids is 1. The predicted molar refractivity (Wildman–Crippen MR) is 118 cm³/mol. The fraction of sp³-hybridized carbons (Fsp3) is 0.680. The number of aliphatic hydroxyl groups excluding tert-OH is 1. The van der Waals surface area contributed by atoms with Gasteiger partial charge in [-0.25, -0.2) is 4.79 Å². The van der Waals surface area contributed by atoms with Crippen LogP contribution in [-0.4, -0.2) is 51.7 Å². The van der Waals surface area contributed by atoms with E-state index in [4.69, 9.17) is 14.2 Å². The van der Waals surface area contributed by atoms with Gasteiger partial charge < -0.3 is 29.5 Å². The minimum absolute atomic E-state index is 0.0953. The monoisotopic (exact) mass is 462 g/mol. The molecule has 182 valence electrons. The fourth-order valence-electron chi connectivity index (χ4n) is 7.11. The molecule has 8 heteroatoms. The molecule has 0 amide bonds. The third-order valence-corrected chi connectivity index (χ3v) is 8.25. The maximum absolute atomic E-state index is 12.5. The van der Waals surface area contributed by atoms with Gasteiger partial charge in [0.2, 0.25) is 0 Å². The number of ether oxygens (including phenoxy) is 3. The minimum atomic E-state index is -1.24. The molecule has 2 aliphatic heterocycles. The molecule has 33 heavy (non-hydrogen) atoms. The molecule has 1 saturated carbocycles. The molecular formula is C25H34O8. The van der Waals surface area contributed by atoms with Crippen molar-refractivity contribution in [3.63, 3.8) is 0 Å². The molecule has 4 rings (SSSR count). The van der Waals surface area contributed by atoms with E-state index in [9.17, 15) is 24.9 Å². The number of esters is 1. The molecule has 5 atom stereocenters. The molecule has 1 fully saturated rings. The number of benzene rings is 1. The van der Waals surface area contributed by atoms with Crippen LogP contribution in [0.1, 0.15) is 74.0 Å². The number of methoxy groups -OCH3 is 1. The Labute approximate surface area is 193 Å². The van der Waals surface area contributed by atoms with Crippen molar-refractivity contribution in [3.05, 3.63) is 22.3 Å². The minimum Gasteiger partial charge on any atom is -0.495 e. The van der Waals surface area contributed by atoms with Crippen molar-refractivity contribution >= 4 is 11.9 Å². The van der Waals surface area contributed by atoms with E-state index in [1.54, 1.807) is 13.8 Å². The molecular weight excluding hydrogens is 428 g/mol. The van der Waals surface area contributed by atoms with Gasteiger partial charge in [-0.15, -0.1) is 0 Å². The summed E-state index contributed by atoms with van der Waals surface area (Å²) in [6.45, 7) is 9.27. The SMILES string of the molecule is COc1c2c(c(C)c3c1C(=O)OC3)O[C@@]1(C)C[C@@H](O)[C@H](C(C)(C)O)[C@@](C)(CCC(=O)O)[C@@H]1C2. The second-order valence-corrected chi connectivity index (χ2v) is 10.9. The van der Waals surface area contributed by atoms with Crippen LogP contribution < -0.4 is 9.47 Å². The largest absolute Gasteiger partial charge is 0.495 e. The fourth-order valence-corrected chi connectivity index (χ4v) is 7.11. The zero-order valence-electron chi connectivity index (χ0n) is 20.2. The zero-order valence-corrected chi connectivity index (χ0v) is 20.2. The van der Waals surface area contributed by atoms with Crippen molar-refractivity contribution in [2.45, 2.75) is 84.2 Å². The van der Waals surface area contributed by atoms with Crippen LogP contribution in [0.25, 0.3) is 0 Å². The highest BCUT2D eigenvalue weighted by Gasteiger charge is 2.63. The standard InChI is InChI=1S/C25H34O8/c1-12-14-11-32-22(29)18(14)20(31-6)13-9-16-24(4,8-7-17(27)28)21(23(2,3)30)15(26)10-25(16,5)33-19(12)13/h15-16,21,26,30H,7-11H2,1-6H3,(H,27,28)/t15-,16+,21-,24+,25+/m1/s1. The lowest BCUT2D eigenvalue weighted by Crippen LogP contribution is -2.66. The molecule has 2 heterocycles. The summed E-state index contributed by atoms with van der Waals surface area (Å²) >= 11 is 0. The Morgan fingerprint density at radius 2 is 1.94 bits per heavy atom. The number of hydrogen-bond acceptors (Lipinski definition) is 7. The van der Waals surface area contributed by atoms with Gasteiger partial charge in [0, 0.05) is 35.8 Å². The molecule has 0 unspecified atom stereocenters. The Morgan fingerprint density at radius 3 is 2.52 bits per heavy atom. The van der Waals surface area contributed by atoms with Gasteiger partial charge in [-0.3, -0.25) is 4.79 Å². The number of hydrogen-bond donors (Lipinski definition) is 3. The topological polar surface area (TPSA) is 123 Å². The average Bonchev–Trinajstić information content (AvgIpc) is 3.07. The second-order valence-electron chi connectivity index (χ2n) is 10.9. The van der Waals surface area contributed by atoms with Crippen LogP contribution in [0.2, 0.25) is 0 Å². The molecule has 1 aromatic carbocycles. The lowest BCUT2D eigenvalue weighted by atomic mass is 9.48. The number of fused-ring (bicyclic) bond motifs is 3. The number of rotatable bonds is 5. The first-order chi connectivity index (χ1) is 15.2. The third kappa shape index (κ3) is 3.49. The Kier molecular flexibility index (Phi) is 5.49. The van der Waals surface area contributed by atoms with Gasteiger partial charge in [0.1, 0.15) is 29.3 Å². The Bertz CT molecular complexity index is 1010. The zero-order chi connectivity index (χ0) is 24.5. The summed E-state index contributed by atoms with van der Waals surface area (Å²) in [4.78, 5) is 24.0. The lowest BCUT2D eigenvalue weighted by Gasteiger charge is -2.61.